The second kappa shape index (κ2) is 6.90. The molecule has 3 heterocycles. The minimum atomic E-state index is -0.236. The lowest BCUT2D eigenvalue weighted by Gasteiger charge is -2.22. The first-order chi connectivity index (χ1) is 14.1. The molecule has 1 N–H and O–H groups in total. The van der Waals surface area contributed by atoms with Gasteiger partial charge in [0.1, 0.15) is 11.3 Å². The summed E-state index contributed by atoms with van der Waals surface area (Å²) in [7, 11) is 1.73. The van der Waals surface area contributed by atoms with Gasteiger partial charge in [0, 0.05) is 23.7 Å². The van der Waals surface area contributed by atoms with Crippen molar-refractivity contribution in [2.45, 2.75) is 12.5 Å². The van der Waals surface area contributed by atoms with Crippen LogP contribution in [-0.2, 0) is 7.05 Å². The maximum absolute atomic E-state index is 13.1. The van der Waals surface area contributed by atoms with E-state index in [2.05, 4.69) is 6.07 Å². The number of aromatic nitrogens is 1. The Kier molecular flexibility index (Phi) is 4.21. The van der Waals surface area contributed by atoms with E-state index in [0.29, 0.717) is 23.0 Å². The first kappa shape index (κ1) is 17.7. The van der Waals surface area contributed by atoms with Gasteiger partial charge in [0.25, 0.3) is 5.56 Å². The number of rotatable bonds is 3. The molecule has 1 unspecified atom stereocenters. The first-order valence-electron chi connectivity index (χ1n) is 9.41. The zero-order valence-corrected chi connectivity index (χ0v) is 16.6. The number of nitrogens with zero attached hydrogens (tertiary/aromatic N) is 3. The van der Waals surface area contributed by atoms with Crippen LogP contribution < -0.4 is 10.6 Å². The molecule has 1 atom stereocenters. The number of hydrogen-bond acceptors (Lipinski definition) is 5. The van der Waals surface area contributed by atoms with E-state index < -0.39 is 0 Å². The van der Waals surface area contributed by atoms with Crippen LogP contribution in [-0.4, -0.2) is 15.4 Å². The molecule has 1 aliphatic heterocycles. The average molecular weight is 401 g/mol. The Morgan fingerprint density at radius 1 is 1.03 bits per heavy atom. The molecule has 0 aliphatic carbocycles. The predicted octanol–water partition coefficient (Wildman–Crippen LogP) is 4.66. The van der Waals surface area contributed by atoms with Crippen LogP contribution in [0.4, 0.5) is 5.69 Å². The number of hydrazone groups is 1. The summed E-state index contributed by atoms with van der Waals surface area (Å²) < 4.78 is 1.58. The number of anilines is 1. The van der Waals surface area contributed by atoms with Crippen molar-refractivity contribution in [1.82, 2.24) is 4.57 Å². The number of pyridine rings is 1. The Hall–Kier alpha value is -3.38. The SMILES string of the molecule is Cn1c(=O)c(C2=NN(c3ccccc3)C(c3cccs3)C2)c(O)c2ccccc21. The van der Waals surface area contributed by atoms with Crippen LogP contribution in [0.15, 0.2) is 82.0 Å². The van der Waals surface area contributed by atoms with Crippen molar-refractivity contribution in [1.29, 1.82) is 0 Å². The third-order valence-corrected chi connectivity index (χ3v) is 6.34. The molecule has 144 valence electrons. The van der Waals surface area contributed by atoms with Crippen molar-refractivity contribution in [3.63, 3.8) is 0 Å². The summed E-state index contributed by atoms with van der Waals surface area (Å²) >= 11 is 1.67. The van der Waals surface area contributed by atoms with Gasteiger partial charge >= 0.3 is 0 Å². The Balaban J connectivity index is 1.70. The van der Waals surface area contributed by atoms with Gasteiger partial charge in [-0.15, -0.1) is 11.3 Å². The molecule has 2 aromatic heterocycles. The van der Waals surface area contributed by atoms with E-state index in [1.807, 2.05) is 71.1 Å². The third kappa shape index (κ3) is 2.84. The number of aryl methyl sites for hydroxylation is 1. The zero-order chi connectivity index (χ0) is 20.0. The second-order valence-electron chi connectivity index (χ2n) is 7.07. The lowest BCUT2D eigenvalue weighted by molar-refractivity contribution is 0.478. The molecule has 2 aromatic carbocycles. The molecular weight excluding hydrogens is 382 g/mol. The molecule has 6 heteroatoms. The molecule has 0 saturated carbocycles. The average Bonchev–Trinajstić information content (AvgIpc) is 3.43. The van der Waals surface area contributed by atoms with E-state index in [9.17, 15) is 9.90 Å². The van der Waals surface area contributed by atoms with Gasteiger partial charge in [-0.25, -0.2) is 0 Å². The first-order valence-corrected chi connectivity index (χ1v) is 10.3. The number of fused-ring (bicyclic) bond motifs is 1. The minimum absolute atomic E-state index is 0.00212. The molecule has 29 heavy (non-hydrogen) atoms. The molecular formula is C23H19N3O2S. The second-order valence-corrected chi connectivity index (χ2v) is 8.05. The molecule has 5 rings (SSSR count). The van der Waals surface area contributed by atoms with E-state index in [1.54, 1.807) is 23.0 Å². The van der Waals surface area contributed by atoms with E-state index in [0.717, 1.165) is 5.69 Å². The van der Waals surface area contributed by atoms with Crippen molar-refractivity contribution >= 4 is 33.6 Å². The zero-order valence-electron chi connectivity index (χ0n) is 15.8. The highest BCUT2D eigenvalue weighted by molar-refractivity contribution is 7.10. The largest absolute Gasteiger partial charge is 0.506 e. The molecule has 0 radical (unpaired) electrons. The van der Waals surface area contributed by atoms with Crippen LogP contribution in [0, 0.1) is 0 Å². The van der Waals surface area contributed by atoms with Crippen molar-refractivity contribution in [3.05, 3.63) is 92.9 Å². The Morgan fingerprint density at radius 3 is 2.55 bits per heavy atom. The third-order valence-electron chi connectivity index (χ3n) is 5.37. The van der Waals surface area contributed by atoms with Gasteiger partial charge in [-0.2, -0.15) is 5.10 Å². The number of benzene rings is 2. The maximum atomic E-state index is 13.1. The van der Waals surface area contributed by atoms with E-state index >= 15 is 0 Å². The lowest BCUT2D eigenvalue weighted by Crippen LogP contribution is -2.24. The molecule has 0 bridgehead atoms. The Bertz CT molecular complexity index is 1280. The van der Waals surface area contributed by atoms with Gasteiger partial charge in [0.2, 0.25) is 0 Å². The highest BCUT2D eigenvalue weighted by Gasteiger charge is 2.33. The minimum Gasteiger partial charge on any atom is -0.506 e. The normalized spacial score (nSPS) is 16.4. The van der Waals surface area contributed by atoms with Gasteiger partial charge in [-0.1, -0.05) is 36.4 Å². The lowest BCUT2D eigenvalue weighted by atomic mass is 10.0. The van der Waals surface area contributed by atoms with Crippen LogP contribution in [0.5, 0.6) is 5.75 Å². The van der Waals surface area contributed by atoms with Crippen LogP contribution in [0.2, 0.25) is 0 Å². The molecule has 0 amide bonds. The smallest absolute Gasteiger partial charge is 0.263 e. The Morgan fingerprint density at radius 2 is 1.79 bits per heavy atom. The number of thiophene rings is 1. The van der Waals surface area contributed by atoms with E-state index in [1.165, 1.54) is 4.88 Å². The van der Waals surface area contributed by atoms with E-state index in [4.69, 9.17) is 5.10 Å². The van der Waals surface area contributed by atoms with Gasteiger partial charge in [-0.3, -0.25) is 9.80 Å². The molecule has 4 aromatic rings. The molecule has 0 fully saturated rings. The van der Waals surface area contributed by atoms with Gasteiger partial charge in [0.05, 0.1) is 23.0 Å². The summed E-state index contributed by atoms with van der Waals surface area (Å²) in [6, 6.07) is 21.4. The number of aromatic hydroxyl groups is 1. The quantitative estimate of drug-likeness (QED) is 0.543. The van der Waals surface area contributed by atoms with Crippen LogP contribution in [0.1, 0.15) is 22.9 Å². The summed E-state index contributed by atoms with van der Waals surface area (Å²) in [6.45, 7) is 0. The summed E-state index contributed by atoms with van der Waals surface area (Å²) in [5.41, 5.74) is 2.31. The fourth-order valence-corrected chi connectivity index (χ4v) is 4.73. The van der Waals surface area contributed by atoms with Gasteiger partial charge in [-0.05, 0) is 35.7 Å². The van der Waals surface area contributed by atoms with Crippen molar-refractivity contribution in [2.24, 2.45) is 12.1 Å². The van der Waals surface area contributed by atoms with Crippen LogP contribution in [0.25, 0.3) is 10.9 Å². The predicted molar refractivity (Wildman–Crippen MR) is 118 cm³/mol. The fourth-order valence-electron chi connectivity index (χ4n) is 3.92. The number of hydrogen-bond donors (Lipinski definition) is 1. The van der Waals surface area contributed by atoms with Crippen molar-refractivity contribution < 1.29 is 5.11 Å². The van der Waals surface area contributed by atoms with Crippen molar-refractivity contribution in [2.75, 3.05) is 5.01 Å². The monoisotopic (exact) mass is 401 g/mol. The van der Waals surface area contributed by atoms with E-state index in [-0.39, 0.29) is 22.9 Å². The maximum Gasteiger partial charge on any atom is 0.263 e. The summed E-state index contributed by atoms with van der Waals surface area (Å²) in [6.07, 6.45) is 0.552. The molecule has 1 aliphatic rings. The van der Waals surface area contributed by atoms with Gasteiger partial charge in [0.15, 0.2) is 0 Å². The standard InChI is InChI=1S/C23H19N3O2S/c1-25-18-11-6-5-10-16(18)22(27)21(23(25)28)17-14-19(20-12-7-13-29-20)26(24-17)15-8-3-2-4-9-15/h2-13,19,27H,14H2,1H3. The van der Waals surface area contributed by atoms with Crippen LogP contribution in [0.3, 0.4) is 0 Å². The topological polar surface area (TPSA) is 57.8 Å². The molecule has 5 nitrogen and oxygen atoms in total. The van der Waals surface area contributed by atoms with Gasteiger partial charge < -0.3 is 9.67 Å². The van der Waals surface area contributed by atoms with Crippen LogP contribution >= 0.6 is 11.3 Å². The molecule has 0 saturated heterocycles. The fraction of sp³-hybridized carbons (Fsp3) is 0.130. The molecule has 0 spiro atoms. The summed E-state index contributed by atoms with van der Waals surface area (Å²) in [4.78, 5) is 14.3. The van der Waals surface area contributed by atoms with Crippen molar-refractivity contribution in [3.8, 4) is 5.75 Å². The summed E-state index contributed by atoms with van der Waals surface area (Å²) in [5.74, 6) is 0.00212. The highest BCUT2D eigenvalue weighted by atomic mass is 32.1. The number of para-hydroxylation sites is 2. The summed E-state index contributed by atoms with van der Waals surface area (Å²) in [5, 5.41) is 20.4. The highest BCUT2D eigenvalue weighted by Crippen LogP contribution is 2.39. The Labute approximate surface area is 171 Å².